The molecule has 0 aliphatic carbocycles. The van der Waals surface area contributed by atoms with Crippen molar-refractivity contribution < 1.29 is 14.3 Å². The molecule has 0 radical (unpaired) electrons. The van der Waals surface area contributed by atoms with E-state index in [0.29, 0.717) is 6.61 Å². The average Bonchev–Trinajstić information content (AvgIpc) is 2.98. The normalized spacial score (nSPS) is 23.7. The summed E-state index contributed by atoms with van der Waals surface area (Å²) in [6.07, 6.45) is 0.172. The summed E-state index contributed by atoms with van der Waals surface area (Å²) in [6.45, 7) is 0.379. The van der Waals surface area contributed by atoms with Crippen LogP contribution in [0, 0.1) is 0 Å². The number of nitrogens with two attached hydrogens (primary N) is 1. The average molecular weight is 207 g/mol. The predicted octanol–water partition coefficient (Wildman–Crippen LogP) is 0.628. The lowest BCUT2D eigenvalue weighted by Gasteiger charge is -1.97. The van der Waals surface area contributed by atoms with Gasteiger partial charge < -0.3 is 15.2 Å². The first-order valence-corrected chi connectivity index (χ1v) is 4.84. The van der Waals surface area contributed by atoms with Crippen molar-refractivity contribution in [1.29, 1.82) is 0 Å². The van der Waals surface area contributed by atoms with E-state index >= 15 is 0 Å². The fraction of sp³-hybridized carbons (Fsp3) is 0.364. The zero-order chi connectivity index (χ0) is 10.7. The van der Waals surface area contributed by atoms with Crippen molar-refractivity contribution in [3.63, 3.8) is 0 Å². The zero-order valence-electron chi connectivity index (χ0n) is 8.26. The highest BCUT2D eigenvalue weighted by Gasteiger charge is 2.40. The van der Waals surface area contributed by atoms with E-state index in [1.807, 2.05) is 30.3 Å². The third-order valence-corrected chi connectivity index (χ3v) is 2.24. The molecule has 2 N–H and O–H groups in total. The smallest absolute Gasteiger partial charge is 0.243 e. The van der Waals surface area contributed by atoms with Crippen LogP contribution in [0.5, 0.6) is 0 Å². The van der Waals surface area contributed by atoms with E-state index in [0.717, 1.165) is 5.56 Å². The van der Waals surface area contributed by atoms with Gasteiger partial charge in [0, 0.05) is 0 Å². The van der Waals surface area contributed by atoms with Crippen molar-refractivity contribution >= 4 is 5.91 Å². The van der Waals surface area contributed by atoms with E-state index in [9.17, 15) is 4.79 Å². The predicted molar refractivity (Wildman–Crippen MR) is 54.1 cm³/mol. The lowest BCUT2D eigenvalue weighted by Crippen LogP contribution is -2.19. The summed E-state index contributed by atoms with van der Waals surface area (Å²) < 4.78 is 10.5. The monoisotopic (exact) mass is 207 g/mol. The Morgan fingerprint density at radius 2 is 2.13 bits per heavy atom. The first kappa shape index (κ1) is 10.1. The van der Waals surface area contributed by atoms with Crippen LogP contribution < -0.4 is 5.73 Å². The van der Waals surface area contributed by atoms with Crippen LogP contribution in [-0.4, -0.2) is 25.2 Å². The van der Waals surface area contributed by atoms with Crippen LogP contribution in [-0.2, 0) is 14.3 Å². The van der Waals surface area contributed by atoms with Crippen molar-refractivity contribution in [2.75, 3.05) is 13.2 Å². The number of primary amides is 1. The maximum atomic E-state index is 10.4. The molecule has 1 aliphatic rings. The van der Waals surface area contributed by atoms with Gasteiger partial charge in [-0.3, -0.25) is 4.79 Å². The lowest BCUT2D eigenvalue weighted by atomic mass is 10.1. The standard InChI is InChI=1S/C11H13NO3/c12-10(13)7-14-6-9-11(15-9)8-4-2-1-3-5-8/h1-5,9,11H,6-7H2,(H2,12,13). The van der Waals surface area contributed by atoms with Crippen LogP contribution in [0.3, 0.4) is 0 Å². The Balaban J connectivity index is 1.75. The Kier molecular flexibility index (Phi) is 2.99. The van der Waals surface area contributed by atoms with Crippen molar-refractivity contribution in [2.45, 2.75) is 12.2 Å². The number of hydrogen-bond donors (Lipinski definition) is 1. The Hall–Kier alpha value is -1.39. The summed E-state index contributed by atoms with van der Waals surface area (Å²) in [5.74, 6) is -0.452. The zero-order valence-corrected chi connectivity index (χ0v) is 8.26. The quantitative estimate of drug-likeness (QED) is 0.720. The van der Waals surface area contributed by atoms with E-state index in [2.05, 4.69) is 0 Å². The summed E-state index contributed by atoms with van der Waals surface area (Å²) in [7, 11) is 0. The summed E-state index contributed by atoms with van der Waals surface area (Å²) in [5, 5.41) is 0. The number of epoxide rings is 1. The number of ether oxygens (including phenoxy) is 2. The van der Waals surface area contributed by atoms with E-state index in [4.69, 9.17) is 15.2 Å². The molecule has 1 fully saturated rings. The summed E-state index contributed by atoms with van der Waals surface area (Å²) >= 11 is 0. The van der Waals surface area contributed by atoms with Gasteiger partial charge in [0.1, 0.15) is 18.8 Å². The highest BCUT2D eigenvalue weighted by atomic mass is 16.6. The Morgan fingerprint density at radius 3 is 2.80 bits per heavy atom. The molecule has 2 atom stereocenters. The molecule has 2 unspecified atom stereocenters. The fourth-order valence-corrected chi connectivity index (χ4v) is 1.48. The van der Waals surface area contributed by atoms with Gasteiger partial charge in [-0.1, -0.05) is 30.3 Å². The maximum Gasteiger partial charge on any atom is 0.243 e. The molecule has 1 amide bonds. The maximum absolute atomic E-state index is 10.4. The van der Waals surface area contributed by atoms with Crippen LogP contribution in [0.2, 0.25) is 0 Å². The molecule has 0 aromatic heterocycles. The Bertz CT molecular complexity index is 339. The Labute approximate surface area is 88.0 Å². The van der Waals surface area contributed by atoms with Crippen LogP contribution in [0.15, 0.2) is 30.3 Å². The highest BCUT2D eigenvalue weighted by Crippen LogP contribution is 2.38. The number of rotatable bonds is 5. The summed E-state index contributed by atoms with van der Waals surface area (Å²) in [6, 6.07) is 9.93. The first-order valence-electron chi connectivity index (χ1n) is 4.84. The third kappa shape index (κ3) is 2.78. The minimum Gasteiger partial charge on any atom is -0.369 e. The first-order chi connectivity index (χ1) is 7.27. The topological polar surface area (TPSA) is 64.9 Å². The molecule has 1 aliphatic heterocycles. The number of benzene rings is 1. The van der Waals surface area contributed by atoms with Crippen LogP contribution in [0.25, 0.3) is 0 Å². The SMILES string of the molecule is NC(=O)COCC1OC1c1ccccc1. The van der Waals surface area contributed by atoms with E-state index in [1.54, 1.807) is 0 Å². The van der Waals surface area contributed by atoms with Gasteiger partial charge in [0.05, 0.1) is 6.61 Å². The second-order valence-corrected chi connectivity index (χ2v) is 3.49. The molecule has 1 aromatic rings. The van der Waals surface area contributed by atoms with Crippen molar-refractivity contribution in [3.05, 3.63) is 35.9 Å². The molecule has 15 heavy (non-hydrogen) atoms. The highest BCUT2D eigenvalue weighted by molar-refractivity contribution is 5.74. The molecule has 4 nitrogen and oxygen atoms in total. The molecular formula is C11H13NO3. The minimum absolute atomic E-state index is 0.0403. The van der Waals surface area contributed by atoms with Crippen LogP contribution in [0.4, 0.5) is 0 Å². The van der Waals surface area contributed by atoms with Gasteiger partial charge in [-0.05, 0) is 5.56 Å². The molecule has 80 valence electrons. The number of carbonyl (C=O) groups is 1. The van der Waals surface area contributed by atoms with Gasteiger partial charge in [-0.15, -0.1) is 0 Å². The molecule has 0 saturated carbocycles. The van der Waals surface area contributed by atoms with E-state index in [1.165, 1.54) is 0 Å². The molecule has 0 bridgehead atoms. The minimum atomic E-state index is -0.452. The number of carbonyl (C=O) groups excluding carboxylic acids is 1. The van der Waals surface area contributed by atoms with Crippen LogP contribution >= 0.6 is 0 Å². The van der Waals surface area contributed by atoms with Crippen molar-refractivity contribution in [3.8, 4) is 0 Å². The van der Waals surface area contributed by atoms with Gasteiger partial charge in [0.2, 0.25) is 5.91 Å². The van der Waals surface area contributed by atoms with E-state index in [-0.39, 0.29) is 18.8 Å². The van der Waals surface area contributed by atoms with Gasteiger partial charge >= 0.3 is 0 Å². The van der Waals surface area contributed by atoms with Gasteiger partial charge in [-0.2, -0.15) is 0 Å². The molecule has 1 aromatic carbocycles. The Morgan fingerprint density at radius 1 is 1.40 bits per heavy atom. The lowest BCUT2D eigenvalue weighted by molar-refractivity contribution is -0.122. The molecule has 1 heterocycles. The molecule has 1 saturated heterocycles. The molecule has 2 rings (SSSR count). The molecule has 0 spiro atoms. The number of amides is 1. The largest absolute Gasteiger partial charge is 0.369 e. The second kappa shape index (κ2) is 4.42. The van der Waals surface area contributed by atoms with Crippen LogP contribution in [0.1, 0.15) is 11.7 Å². The summed E-state index contributed by atoms with van der Waals surface area (Å²) in [4.78, 5) is 10.4. The molecule has 4 heteroatoms. The van der Waals surface area contributed by atoms with Crippen molar-refractivity contribution in [2.24, 2.45) is 5.73 Å². The molecular weight excluding hydrogens is 194 g/mol. The van der Waals surface area contributed by atoms with Crippen molar-refractivity contribution in [1.82, 2.24) is 0 Å². The van der Waals surface area contributed by atoms with Gasteiger partial charge in [0.25, 0.3) is 0 Å². The summed E-state index contributed by atoms with van der Waals surface area (Å²) in [5.41, 5.74) is 6.08. The van der Waals surface area contributed by atoms with E-state index < -0.39 is 5.91 Å². The van der Waals surface area contributed by atoms with Gasteiger partial charge in [-0.25, -0.2) is 0 Å². The third-order valence-electron chi connectivity index (χ3n) is 2.24. The second-order valence-electron chi connectivity index (χ2n) is 3.49. The fourth-order valence-electron chi connectivity index (χ4n) is 1.48. The number of hydrogen-bond acceptors (Lipinski definition) is 3. The van der Waals surface area contributed by atoms with Gasteiger partial charge in [0.15, 0.2) is 0 Å².